The van der Waals surface area contributed by atoms with E-state index in [1.165, 1.54) is 0 Å². The zero-order chi connectivity index (χ0) is 16.2. The first-order valence-corrected chi connectivity index (χ1v) is 7.25. The first-order chi connectivity index (χ1) is 9.68. The Balaban J connectivity index is 3.20. The number of carbonyl (C=O) groups excluding carboxylic acids is 1. The van der Waals surface area contributed by atoms with E-state index in [9.17, 15) is 4.79 Å². The molecule has 0 aliphatic carbocycles. The van der Waals surface area contributed by atoms with Crippen molar-refractivity contribution in [2.75, 3.05) is 13.6 Å². The summed E-state index contributed by atoms with van der Waals surface area (Å²) >= 11 is 0. The first-order valence-electron chi connectivity index (χ1n) is 7.25. The van der Waals surface area contributed by atoms with Crippen molar-refractivity contribution in [1.29, 1.82) is 0 Å². The predicted octanol–water partition coefficient (Wildman–Crippen LogP) is 2.81. The van der Waals surface area contributed by atoms with E-state index in [2.05, 4.69) is 39.5 Å². The van der Waals surface area contributed by atoms with Crippen LogP contribution in [0, 0.1) is 24.2 Å². The summed E-state index contributed by atoms with van der Waals surface area (Å²) in [6.07, 6.45) is 0. The fourth-order valence-electron chi connectivity index (χ4n) is 2.04. The molecule has 0 aromatic heterocycles. The predicted molar refractivity (Wildman–Crippen MR) is 88.1 cm³/mol. The Morgan fingerprint density at radius 2 is 2.00 bits per heavy atom. The van der Waals surface area contributed by atoms with Crippen molar-refractivity contribution in [1.82, 2.24) is 4.90 Å². The number of carbonyl (C=O) groups is 1. The Kier molecular flexibility index (Phi) is 5.57. The third kappa shape index (κ3) is 4.34. The molecular formula is C18H26N2O. The highest BCUT2D eigenvalue weighted by atomic mass is 16.2. The number of aryl methyl sites for hydroxylation is 1. The van der Waals surface area contributed by atoms with Crippen LogP contribution in [0.25, 0.3) is 0 Å². The average Bonchev–Trinajstić information content (AvgIpc) is 2.42. The highest BCUT2D eigenvalue weighted by molar-refractivity contribution is 5.97. The topological polar surface area (TPSA) is 46.3 Å². The molecule has 2 N–H and O–H groups in total. The normalized spacial score (nSPS) is 12.3. The van der Waals surface area contributed by atoms with Crippen LogP contribution in [0.4, 0.5) is 0 Å². The van der Waals surface area contributed by atoms with Gasteiger partial charge in [0, 0.05) is 18.7 Å². The van der Waals surface area contributed by atoms with E-state index in [0.717, 1.165) is 11.1 Å². The van der Waals surface area contributed by atoms with E-state index in [1.54, 1.807) is 4.90 Å². The van der Waals surface area contributed by atoms with Crippen molar-refractivity contribution >= 4 is 5.91 Å². The van der Waals surface area contributed by atoms with Gasteiger partial charge in [0.15, 0.2) is 0 Å². The molecule has 114 valence electrons. The van der Waals surface area contributed by atoms with Gasteiger partial charge in [-0.1, -0.05) is 44.2 Å². The summed E-state index contributed by atoms with van der Waals surface area (Å²) in [5.74, 6) is 5.82. The highest BCUT2D eigenvalue weighted by Gasteiger charge is 2.28. The summed E-state index contributed by atoms with van der Waals surface area (Å²) in [5.41, 5.74) is 7.89. The van der Waals surface area contributed by atoms with E-state index in [-0.39, 0.29) is 23.9 Å². The van der Waals surface area contributed by atoms with E-state index in [4.69, 9.17) is 5.73 Å². The molecule has 1 aromatic carbocycles. The van der Waals surface area contributed by atoms with Crippen molar-refractivity contribution in [3.63, 3.8) is 0 Å². The molecule has 1 unspecified atom stereocenters. The van der Waals surface area contributed by atoms with Crippen molar-refractivity contribution in [3.05, 3.63) is 34.9 Å². The molecule has 0 saturated heterocycles. The molecule has 1 amide bonds. The van der Waals surface area contributed by atoms with Crippen LogP contribution in [-0.2, 0) is 0 Å². The molecular weight excluding hydrogens is 260 g/mol. The molecule has 21 heavy (non-hydrogen) atoms. The summed E-state index contributed by atoms with van der Waals surface area (Å²) in [6.45, 7) is 10.7. The van der Waals surface area contributed by atoms with Gasteiger partial charge in [-0.2, -0.15) is 0 Å². The van der Waals surface area contributed by atoms with Gasteiger partial charge in [0.25, 0.3) is 5.91 Å². The smallest absolute Gasteiger partial charge is 0.255 e. The lowest BCUT2D eigenvalue weighted by Gasteiger charge is -2.35. The van der Waals surface area contributed by atoms with Crippen LogP contribution < -0.4 is 5.73 Å². The lowest BCUT2D eigenvalue weighted by Crippen LogP contribution is -2.43. The summed E-state index contributed by atoms with van der Waals surface area (Å²) < 4.78 is 0. The lowest BCUT2D eigenvalue weighted by molar-refractivity contribution is 0.0629. The molecule has 1 atom stereocenters. The first kappa shape index (κ1) is 17.3. The number of amides is 1. The fraction of sp³-hybridized carbons (Fsp3) is 0.500. The second-order valence-corrected chi connectivity index (χ2v) is 6.51. The molecule has 0 bridgehead atoms. The van der Waals surface area contributed by atoms with E-state index in [1.807, 2.05) is 32.2 Å². The highest BCUT2D eigenvalue weighted by Crippen LogP contribution is 2.25. The Labute approximate surface area is 128 Å². The second kappa shape index (κ2) is 6.78. The largest absolute Gasteiger partial charge is 0.338 e. The Bertz CT molecular complexity index is 573. The number of nitrogens with two attached hydrogens (primary N) is 1. The molecule has 3 nitrogen and oxygen atoms in total. The van der Waals surface area contributed by atoms with Gasteiger partial charge in [-0.15, -0.1) is 0 Å². The van der Waals surface area contributed by atoms with Gasteiger partial charge in [-0.05, 0) is 31.4 Å². The molecule has 0 fully saturated rings. The lowest BCUT2D eigenvalue weighted by atomic mass is 9.86. The minimum Gasteiger partial charge on any atom is -0.338 e. The Hall–Kier alpha value is -1.79. The average molecular weight is 286 g/mol. The van der Waals surface area contributed by atoms with Gasteiger partial charge in [0.1, 0.15) is 0 Å². The Morgan fingerprint density at radius 1 is 1.38 bits per heavy atom. The molecule has 0 aliphatic rings. The van der Waals surface area contributed by atoms with Crippen LogP contribution in [0.2, 0.25) is 0 Å². The fourth-order valence-corrected chi connectivity index (χ4v) is 2.04. The number of rotatable bonds is 2. The SMILES string of the molecule is Cc1ccc(C#CCN)c(C(=O)N(C)C(C)C(C)(C)C)c1. The number of benzene rings is 1. The monoisotopic (exact) mass is 286 g/mol. The maximum Gasteiger partial charge on any atom is 0.255 e. The number of nitrogens with zero attached hydrogens (tertiary/aromatic N) is 1. The van der Waals surface area contributed by atoms with Gasteiger partial charge < -0.3 is 10.6 Å². The molecule has 0 aliphatic heterocycles. The van der Waals surface area contributed by atoms with Crippen LogP contribution >= 0.6 is 0 Å². The van der Waals surface area contributed by atoms with Gasteiger partial charge in [-0.3, -0.25) is 4.79 Å². The van der Waals surface area contributed by atoms with Gasteiger partial charge in [0.05, 0.1) is 12.1 Å². The van der Waals surface area contributed by atoms with Crippen molar-refractivity contribution < 1.29 is 4.79 Å². The Morgan fingerprint density at radius 3 is 2.52 bits per heavy atom. The molecule has 0 saturated carbocycles. The van der Waals surface area contributed by atoms with Crippen LogP contribution in [0.15, 0.2) is 18.2 Å². The van der Waals surface area contributed by atoms with Crippen LogP contribution in [-0.4, -0.2) is 30.4 Å². The van der Waals surface area contributed by atoms with E-state index < -0.39 is 0 Å². The minimum atomic E-state index is 0.00227. The standard InChI is InChI=1S/C18H26N2O/c1-13-9-10-15(8-7-11-19)16(12-13)17(21)20(6)14(2)18(3,4)5/h9-10,12,14H,11,19H2,1-6H3. The number of hydrogen-bond acceptors (Lipinski definition) is 2. The van der Waals surface area contributed by atoms with Crippen molar-refractivity contribution in [3.8, 4) is 11.8 Å². The van der Waals surface area contributed by atoms with Crippen molar-refractivity contribution in [2.45, 2.75) is 40.7 Å². The van der Waals surface area contributed by atoms with Crippen LogP contribution in [0.1, 0.15) is 49.2 Å². The molecule has 0 heterocycles. The molecule has 3 heteroatoms. The third-order valence-corrected chi connectivity index (χ3v) is 3.89. The number of hydrogen-bond donors (Lipinski definition) is 1. The van der Waals surface area contributed by atoms with Gasteiger partial charge >= 0.3 is 0 Å². The maximum absolute atomic E-state index is 12.8. The quantitative estimate of drug-likeness (QED) is 0.850. The minimum absolute atomic E-state index is 0.00227. The molecule has 0 radical (unpaired) electrons. The summed E-state index contributed by atoms with van der Waals surface area (Å²) in [5, 5.41) is 0. The summed E-state index contributed by atoms with van der Waals surface area (Å²) in [6, 6.07) is 5.88. The second-order valence-electron chi connectivity index (χ2n) is 6.51. The maximum atomic E-state index is 12.8. The van der Waals surface area contributed by atoms with Gasteiger partial charge in [0.2, 0.25) is 0 Å². The van der Waals surface area contributed by atoms with E-state index >= 15 is 0 Å². The third-order valence-electron chi connectivity index (χ3n) is 3.89. The molecule has 0 spiro atoms. The summed E-state index contributed by atoms with van der Waals surface area (Å²) in [7, 11) is 1.85. The van der Waals surface area contributed by atoms with E-state index in [0.29, 0.717) is 5.56 Å². The zero-order valence-electron chi connectivity index (χ0n) is 13.9. The zero-order valence-corrected chi connectivity index (χ0v) is 13.9. The summed E-state index contributed by atoms with van der Waals surface area (Å²) in [4.78, 5) is 14.6. The van der Waals surface area contributed by atoms with Crippen LogP contribution in [0.5, 0.6) is 0 Å². The van der Waals surface area contributed by atoms with Crippen molar-refractivity contribution in [2.24, 2.45) is 11.1 Å². The van der Waals surface area contributed by atoms with Gasteiger partial charge in [-0.25, -0.2) is 0 Å². The van der Waals surface area contributed by atoms with Crippen LogP contribution in [0.3, 0.4) is 0 Å². The molecule has 1 aromatic rings. The molecule has 1 rings (SSSR count).